The van der Waals surface area contributed by atoms with Crippen LogP contribution in [0.3, 0.4) is 0 Å². The molecule has 0 saturated heterocycles. The molecule has 3 aromatic carbocycles. The molecular formula is C22H20ClN3O3S. The molecule has 154 valence electrons. The van der Waals surface area contributed by atoms with Gasteiger partial charge >= 0.3 is 0 Å². The lowest BCUT2D eigenvalue weighted by atomic mass is 10.2. The van der Waals surface area contributed by atoms with E-state index < -0.39 is 22.5 Å². The Bertz CT molecular complexity index is 1150. The summed E-state index contributed by atoms with van der Waals surface area (Å²) in [5.74, 6) is -0.567. The number of hydrazone groups is 1. The van der Waals surface area contributed by atoms with Crippen LogP contribution in [0.5, 0.6) is 0 Å². The number of carbonyl (C=O) groups is 1. The first-order chi connectivity index (χ1) is 14.4. The van der Waals surface area contributed by atoms with Crippen molar-refractivity contribution in [3.8, 4) is 0 Å². The summed E-state index contributed by atoms with van der Waals surface area (Å²) in [5, 5.41) is 4.50. The third-order valence-corrected chi connectivity index (χ3v) is 6.30. The predicted molar refractivity (Wildman–Crippen MR) is 119 cm³/mol. The SMILES string of the molecule is Cc1ccccc1N(CC(=O)N/N=C\c1ccc(Cl)cc1)S(=O)(=O)c1ccccc1. The first-order valence-electron chi connectivity index (χ1n) is 9.09. The van der Waals surface area contributed by atoms with Gasteiger partial charge in [-0.25, -0.2) is 13.8 Å². The molecule has 3 rings (SSSR count). The van der Waals surface area contributed by atoms with Crippen LogP contribution in [0.25, 0.3) is 0 Å². The Hall–Kier alpha value is -3.16. The summed E-state index contributed by atoms with van der Waals surface area (Å²) in [5.41, 5.74) is 4.28. The van der Waals surface area contributed by atoms with Gasteiger partial charge in [-0.1, -0.05) is 60.1 Å². The van der Waals surface area contributed by atoms with Gasteiger partial charge in [0.1, 0.15) is 6.54 Å². The molecule has 6 nitrogen and oxygen atoms in total. The molecule has 30 heavy (non-hydrogen) atoms. The highest BCUT2D eigenvalue weighted by atomic mass is 35.5. The molecule has 0 unspecified atom stereocenters. The number of para-hydroxylation sites is 1. The van der Waals surface area contributed by atoms with E-state index in [1.165, 1.54) is 18.3 Å². The zero-order valence-corrected chi connectivity index (χ0v) is 17.8. The second kappa shape index (κ2) is 9.56. The summed E-state index contributed by atoms with van der Waals surface area (Å²) in [7, 11) is -3.95. The number of nitrogens with one attached hydrogen (secondary N) is 1. The van der Waals surface area contributed by atoms with Crippen molar-refractivity contribution in [2.45, 2.75) is 11.8 Å². The Morgan fingerprint density at radius 1 is 1.00 bits per heavy atom. The average molecular weight is 442 g/mol. The summed E-state index contributed by atoms with van der Waals surface area (Å²) in [4.78, 5) is 12.6. The lowest BCUT2D eigenvalue weighted by Gasteiger charge is -2.25. The largest absolute Gasteiger partial charge is 0.271 e. The topological polar surface area (TPSA) is 78.8 Å². The van der Waals surface area contributed by atoms with Gasteiger partial charge in [0, 0.05) is 5.02 Å². The van der Waals surface area contributed by atoms with E-state index in [1.54, 1.807) is 67.6 Å². The second-order valence-corrected chi connectivity index (χ2v) is 8.75. The van der Waals surface area contributed by atoms with Crippen LogP contribution in [-0.4, -0.2) is 27.1 Å². The van der Waals surface area contributed by atoms with Gasteiger partial charge in [0.2, 0.25) is 0 Å². The van der Waals surface area contributed by atoms with Gasteiger partial charge in [-0.05, 0) is 48.4 Å². The first kappa shape index (κ1) is 21.5. The van der Waals surface area contributed by atoms with Gasteiger partial charge in [0.15, 0.2) is 0 Å². The Kier molecular flexibility index (Phi) is 6.87. The molecule has 0 fully saturated rings. The highest BCUT2D eigenvalue weighted by Gasteiger charge is 2.27. The van der Waals surface area contributed by atoms with Crippen LogP contribution in [-0.2, 0) is 14.8 Å². The fraction of sp³-hybridized carbons (Fsp3) is 0.0909. The van der Waals surface area contributed by atoms with Crippen LogP contribution in [0.15, 0.2) is 88.9 Å². The van der Waals surface area contributed by atoms with E-state index in [2.05, 4.69) is 10.5 Å². The smallest absolute Gasteiger partial charge is 0.264 e. The van der Waals surface area contributed by atoms with Gasteiger partial charge in [-0.2, -0.15) is 5.10 Å². The third-order valence-electron chi connectivity index (χ3n) is 4.28. The van der Waals surface area contributed by atoms with Gasteiger partial charge in [-0.15, -0.1) is 0 Å². The first-order valence-corrected chi connectivity index (χ1v) is 10.9. The van der Waals surface area contributed by atoms with Crippen molar-refractivity contribution >= 4 is 39.4 Å². The summed E-state index contributed by atoms with van der Waals surface area (Å²) in [6, 6.07) is 21.9. The molecule has 8 heteroatoms. The number of aryl methyl sites for hydroxylation is 1. The Balaban J connectivity index is 1.83. The van der Waals surface area contributed by atoms with Crippen molar-refractivity contribution in [1.29, 1.82) is 0 Å². The molecule has 0 aliphatic rings. The molecule has 0 aliphatic heterocycles. The third kappa shape index (κ3) is 5.25. The molecular weight excluding hydrogens is 422 g/mol. The standard InChI is InChI=1S/C22H20ClN3O3S/c1-17-7-5-6-10-21(17)26(30(28,29)20-8-3-2-4-9-20)16-22(27)25-24-15-18-11-13-19(23)14-12-18/h2-15H,16H2,1H3,(H,25,27)/b24-15-. The van der Waals surface area contributed by atoms with Crippen molar-refractivity contribution in [2.75, 3.05) is 10.8 Å². The quantitative estimate of drug-likeness (QED) is 0.444. The number of sulfonamides is 1. The number of benzene rings is 3. The van der Waals surface area contributed by atoms with Crippen molar-refractivity contribution in [1.82, 2.24) is 5.43 Å². The summed E-state index contributed by atoms with van der Waals surface area (Å²) >= 11 is 5.84. The van der Waals surface area contributed by atoms with E-state index in [0.717, 1.165) is 15.4 Å². The maximum absolute atomic E-state index is 13.2. The molecule has 0 radical (unpaired) electrons. The molecule has 1 amide bonds. The average Bonchev–Trinajstić information content (AvgIpc) is 2.75. The van der Waals surface area contributed by atoms with Crippen LogP contribution < -0.4 is 9.73 Å². The summed E-state index contributed by atoms with van der Waals surface area (Å²) in [6.45, 7) is 1.37. The van der Waals surface area contributed by atoms with Crippen LogP contribution in [0.4, 0.5) is 5.69 Å². The predicted octanol–water partition coefficient (Wildman–Crippen LogP) is 3.99. The van der Waals surface area contributed by atoms with Crippen LogP contribution in [0.2, 0.25) is 5.02 Å². The number of amides is 1. The molecule has 0 aliphatic carbocycles. The second-order valence-electron chi connectivity index (χ2n) is 6.46. The molecule has 3 aromatic rings. The molecule has 0 spiro atoms. The van der Waals surface area contributed by atoms with E-state index in [4.69, 9.17) is 11.6 Å². The number of halogens is 1. The van der Waals surface area contributed by atoms with E-state index in [-0.39, 0.29) is 4.90 Å². The normalized spacial score (nSPS) is 11.4. The number of rotatable bonds is 7. The maximum atomic E-state index is 13.2. The van der Waals surface area contributed by atoms with Crippen molar-refractivity contribution in [3.05, 3.63) is 95.0 Å². The lowest BCUT2D eigenvalue weighted by molar-refractivity contribution is -0.119. The summed E-state index contributed by atoms with van der Waals surface area (Å²) < 4.78 is 27.6. The van der Waals surface area contributed by atoms with Crippen molar-refractivity contribution < 1.29 is 13.2 Å². The number of anilines is 1. The van der Waals surface area contributed by atoms with Crippen LogP contribution in [0.1, 0.15) is 11.1 Å². The molecule has 0 atom stereocenters. The minimum absolute atomic E-state index is 0.103. The fourth-order valence-corrected chi connectivity index (χ4v) is 4.39. The van der Waals surface area contributed by atoms with Crippen molar-refractivity contribution in [3.63, 3.8) is 0 Å². The van der Waals surface area contributed by atoms with Crippen LogP contribution >= 0.6 is 11.6 Å². The zero-order valence-electron chi connectivity index (χ0n) is 16.2. The molecule has 0 heterocycles. The van der Waals surface area contributed by atoms with Gasteiger partial charge < -0.3 is 0 Å². The Morgan fingerprint density at radius 2 is 1.63 bits per heavy atom. The number of carbonyl (C=O) groups excluding carboxylic acids is 1. The molecule has 0 saturated carbocycles. The van der Waals surface area contributed by atoms with E-state index in [9.17, 15) is 13.2 Å². The monoisotopic (exact) mass is 441 g/mol. The molecule has 0 bridgehead atoms. The number of hydrogen-bond acceptors (Lipinski definition) is 4. The van der Waals surface area contributed by atoms with E-state index >= 15 is 0 Å². The minimum Gasteiger partial charge on any atom is -0.271 e. The van der Waals surface area contributed by atoms with Gasteiger partial charge in [0.25, 0.3) is 15.9 Å². The highest BCUT2D eigenvalue weighted by Crippen LogP contribution is 2.26. The van der Waals surface area contributed by atoms with Gasteiger partial charge in [-0.3, -0.25) is 9.10 Å². The highest BCUT2D eigenvalue weighted by molar-refractivity contribution is 7.92. The van der Waals surface area contributed by atoms with Crippen molar-refractivity contribution in [2.24, 2.45) is 5.10 Å². The zero-order chi connectivity index (χ0) is 21.6. The minimum atomic E-state index is -3.95. The lowest BCUT2D eigenvalue weighted by Crippen LogP contribution is -2.40. The number of nitrogens with zero attached hydrogens (tertiary/aromatic N) is 2. The van der Waals surface area contributed by atoms with Gasteiger partial charge in [0.05, 0.1) is 16.8 Å². The fourth-order valence-electron chi connectivity index (χ4n) is 2.76. The van der Waals surface area contributed by atoms with E-state index in [0.29, 0.717) is 10.7 Å². The number of hydrogen-bond donors (Lipinski definition) is 1. The summed E-state index contributed by atoms with van der Waals surface area (Å²) in [6.07, 6.45) is 1.46. The Morgan fingerprint density at radius 3 is 2.30 bits per heavy atom. The van der Waals surface area contributed by atoms with Crippen LogP contribution in [0, 0.1) is 6.92 Å². The van der Waals surface area contributed by atoms with E-state index in [1.807, 2.05) is 6.07 Å². The molecule has 0 aromatic heterocycles. The Labute approximate surface area is 180 Å². The maximum Gasteiger partial charge on any atom is 0.264 e. The molecule has 1 N–H and O–H groups in total.